The summed E-state index contributed by atoms with van der Waals surface area (Å²) < 4.78 is 44.2. The molecular weight excluding hydrogens is 2010 g/mol. The van der Waals surface area contributed by atoms with Crippen molar-refractivity contribution in [2.24, 2.45) is 0 Å². The first-order valence-corrected chi connectivity index (χ1v) is 39.6. The molecule has 0 radical (unpaired) electrons. The minimum absolute atomic E-state index is 0. The van der Waals surface area contributed by atoms with Gasteiger partial charge in [0.1, 0.15) is 24.7 Å². The zero-order valence-corrected chi connectivity index (χ0v) is 93.8. The quantitative estimate of drug-likeness (QED) is 0.0280. The van der Waals surface area contributed by atoms with E-state index in [2.05, 4.69) is 16.9 Å². The molecule has 16 aromatic rings. The van der Waals surface area contributed by atoms with Gasteiger partial charge < -0.3 is 73.0 Å². The Morgan fingerprint density at radius 2 is 0.686 bits per heavy atom. The third kappa shape index (κ3) is 27.8. The molecule has 17 rings (SSSR count). The number of carbonyl (C=O) groups excluding carboxylic acids is 16. The molecule has 0 atom stereocenters. The topological polar surface area (TPSA) is 470 Å². The minimum Gasteiger partial charge on any atom is -0.870 e. The standard InChI is InChI=1S/C28H22O8.C24H16O6.C22H12O4.C14H11ClO4.C12H5ClO3.2CO2.ClH.5K.H2O/c1-33-27(31)23-8-4-7-22-20(11-12-24(26(22)23)28(32)34-2)19-10-9-18(14-36-16-30)25-17(13-35-15-29)5-3-6-21(19)25;1-14-8-9-15(17-4-2-6-19(22(14)17)24(27)28)16-10-11-21(30-13-26)23-18(16)5-3-7-20(23)29-12-25;23-21(24)18-10-4-9-17-16(11-12-19(20(17)18)22(25)26)15-8-3-6-13-5-1-2-7-14(13)15;1-18-13(16)9-5-3-4-8-11(15)7-6-10(12(8)9)14(17)19-2;13-9-5-4-8-10-6(9)2-1-3-7(10)11(14)16-12(8)15;2*2-1-3;;;;;;;/h3-12,15-16H,13-14H2,1-2H3;2-13H,1H3,(H,27,28);1-4,7-12H,(H,23,24)(H,25,26);3-7H,1-2H3;1-5H;;;1H;;;;;;1H2/q;;-2;;;;;;5*+1;/p-3. The van der Waals surface area contributed by atoms with Gasteiger partial charge in [-0.25, -0.2) is 45.7 Å². The second-order valence-electron chi connectivity index (χ2n) is 27.8. The number of aryl methyl sites for hydroxylation is 1. The van der Waals surface area contributed by atoms with E-state index in [0.717, 1.165) is 71.4 Å². The summed E-state index contributed by atoms with van der Waals surface area (Å²) in [6.45, 7) is 3.31. The van der Waals surface area contributed by atoms with Gasteiger partial charge in [-0.15, -0.1) is 18.5 Å². The largest absolute Gasteiger partial charge is 1.00 e. The Bertz CT molecular complexity index is 7390. The summed E-state index contributed by atoms with van der Waals surface area (Å²) in [6.07, 6.45) is 0.500. The van der Waals surface area contributed by atoms with E-state index in [1.54, 1.807) is 146 Å². The number of cyclic esters (lactones) is 2. The summed E-state index contributed by atoms with van der Waals surface area (Å²) in [5.74, 6) is -6.82. The second-order valence-corrected chi connectivity index (χ2v) is 28.6. The number of methoxy groups -OCH3 is 4. The molecule has 0 saturated carbocycles. The van der Waals surface area contributed by atoms with Crippen LogP contribution in [0.25, 0.3) is 120 Å². The van der Waals surface area contributed by atoms with Gasteiger partial charge >= 0.3 is 311 Å². The number of fused-ring (bicyclic) bond motifs is 7. The summed E-state index contributed by atoms with van der Waals surface area (Å²) in [5.41, 5.74) is 8.68. The summed E-state index contributed by atoms with van der Waals surface area (Å²) in [5, 5.41) is 43.5. The Morgan fingerprint density at radius 3 is 1.17 bits per heavy atom. The van der Waals surface area contributed by atoms with Gasteiger partial charge in [0, 0.05) is 53.5 Å². The predicted octanol–water partition coefficient (Wildman–Crippen LogP) is 1.27. The molecule has 0 amide bonds. The molecule has 0 unspecified atom stereocenters. The van der Waals surface area contributed by atoms with Crippen LogP contribution >= 0.6 is 35.6 Å². The van der Waals surface area contributed by atoms with Crippen molar-refractivity contribution in [2.75, 3.05) is 28.4 Å². The van der Waals surface area contributed by atoms with Crippen molar-refractivity contribution in [1.29, 1.82) is 0 Å². The van der Waals surface area contributed by atoms with E-state index >= 15 is 0 Å². The first-order valence-electron chi connectivity index (χ1n) is 38.8. The summed E-state index contributed by atoms with van der Waals surface area (Å²) in [6, 6.07) is 74.8. The van der Waals surface area contributed by atoms with Crippen molar-refractivity contribution < 1.29 is 402 Å². The maximum absolute atomic E-state index is 12.6. The minimum atomic E-state index is -1.44. The third-order valence-corrected chi connectivity index (χ3v) is 21.5. The maximum Gasteiger partial charge on any atom is 1.00 e. The maximum atomic E-state index is 12.6. The zero-order valence-electron chi connectivity index (χ0n) is 75.8. The first-order chi connectivity index (χ1) is 64.3. The number of benzene rings is 16. The van der Waals surface area contributed by atoms with Crippen LogP contribution in [-0.2, 0) is 84.7 Å². The van der Waals surface area contributed by atoms with Crippen LogP contribution in [-0.4, -0.2) is 131 Å². The van der Waals surface area contributed by atoms with Gasteiger partial charge in [0.15, 0.2) is 0 Å². The van der Waals surface area contributed by atoms with Crippen LogP contribution in [0.15, 0.2) is 243 Å². The van der Waals surface area contributed by atoms with Crippen LogP contribution in [0.4, 0.5) is 0 Å². The van der Waals surface area contributed by atoms with Gasteiger partial charge in [0.25, 0.3) is 25.9 Å². The second kappa shape index (κ2) is 59.1. The molecule has 680 valence electrons. The Balaban J connectivity index is 0.000000363. The molecule has 0 fully saturated rings. The Morgan fingerprint density at radius 1 is 0.357 bits per heavy atom. The summed E-state index contributed by atoms with van der Waals surface area (Å²) >= 11 is 12.1. The molecule has 1 aliphatic rings. The molecule has 2 N–H and O–H groups in total. The number of carboxylic acids is 3. The number of halogens is 3. The molecule has 16 aromatic carbocycles. The predicted molar refractivity (Wildman–Crippen MR) is 486 cm³/mol. The van der Waals surface area contributed by atoms with Crippen LogP contribution < -0.4 is 277 Å². The van der Waals surface area contributed by atoms with Crippen LogP contribution in [0.5, 0.6) is 11.5 Å². The number of hydrogen-bond donors (Lipinski definition) is 1. The molecule has 1 aliphatic heterocycles. The van der Waals surface area contributed by atoms with Crippen molar-refractivity contribution in [3.05, 3.63) is 332 Å². The molecule has 0 bridgehead atoms. The average molecular weight is 2070 g/mol. The Labute approximate surface area is 1020 Å². The summed E-state index contributed by atoms with van der Waals surface area (Å²) in [4.78, 5) is 183. The Kier molecular flexibility index (Phi) is 51.9. The van der Waals surface area contributed by atoms with Crippen LogP contribution in [0.2, 0.25) is 10.0 Å². The molecule has 0 saturated heterocycles. The normalized spacial score (nSPS) is 10.2. The Hall–Kier alpha value is -9.32. The van der Waals surface area contributed by atoms with E-state index in [0.29, 0.717) is 106 Å². The fourth-order valence-electron chi connectivity index (χ4n) is 15.5. The number of ether oxygens (including phenoxy) is 9. The van der Waals surface area contributed by atoms with Gasteiger partial charge in [-0.1, -0.05) is 175 Å². The molecule has 0 aliphatic carbocycles. The third-order valence-electron chi connectivity index (χ3n) is 20.9. The number of hydrogen-bond acceptors (Lipinski definition) is 29. The van der Waals surface area contributed by atoms with Gasteiger partial charge in [0.05, 0.1) is 84.7 Å². The number of carbonyl (C=O) groups is 13. The van der Waals surface area contributed by atoms with E-state index in [1.807, 2.05) is 85.8 Å². The first kappa shape index (κ1) is 123. The number of carboxylic acid groups (broad SMARTS) is 3. The molecule has 38 heteroatoms. The average Bonchev–Trinajstić information content (AvgIpc) is 0.750. The fraction of sp³-hybridized carbons (Fsp3) is 0.0686. The van der Waals surface area contributed by atoms with Gasteiger partial charge in [0.2, 0.25) is 0 Å². The molecule has 0 spiro atoms. The smallest absolute Gasteiger partial charge is 0.870 e. The van der Waals surface area contributed by atoms with E-state index in [9.17, 15) is 77.6 Å². The van der Waals surface area contributed by atoms with Crippen molar-refractivity contribution in [3.63, 3.8) is 0 Å². The van der Waals surface area contributed by atoms with E-state index in [4.69, 9.17) is 80.3 Å². The molecule has 0 aromatic heterocycles. The van der Waals surface area contributed by atoms with Crippen molar-refractivity contribution >= 4 is 214 Å². The van der Waals surface area contributed by atoms with E-state index < -0.39 is 53.7 Å². The monoisotopic (exact) mass is 2070 g/mol. The van der Waals surface area contributed by atoms with E-state index in [-0.39, 0.29) is 356 Å². The SMILES string of the molecule is COC(=O)c1cccc2c(-c3ccc(COC=O)c4c(COC=O)cccc34)ccc(C(=O)OC)c12.COC(=O)c1cccc2c(Cl)ccc(C(=O)OC)c12.Cc1ccc(-c2ccc(OC=O)c3c(OC=O)cccc23)c2cccc(C(=O)O)c12.Cl.O=C([O-])c1cccc2c(-c3cc[c-]c4[c-]cccc34)ccc(C(=O)[O-])c12.O=C1OC(=O)c2ccc(Cl)c3cccc1c23.O=C=O.O=C=O.[K+].[K+].[K+].[K+].[K+].[OH-]. The van der Waals surface area contributed by atoms with Crippen LogP contribution in [0.3, 0.4) is 0 Å². The van der Waals surface area contributed by atoms with Gasteiger partial charge in [-0.2, -0.15) is 36.2 Å². The van der Waals surface area contributed by atoms with E-state index in [1.165, 1.54) is 46.6 Å². The van der Waals surface area contributed by atoms with Crippen LogP contribution in [0, 0.1) is 19.1 Å². The molecule has 30 nitrogen and oxygen atoms in total. The van der Waals surface area contributed by atoms with Crippen molar-refractivity contribution in [1.82, 2.24) is 0 Å². The van der Waals surface area contributed by atoms with Crippen molar-refractivity contribution in [2.45, 2.75) is 20.1 Å². The zero-order chi connectivity index (χ0) is 95.9. The van der Waals surface area contributed by atoms with Crippen molar-refractivity contribution in [3.8, 4) is 44.9 Å². The molecule has 140 heavy (non-hydrogen) atoms. The number of aromatic carboxylic acids is 3. The van der Waals surface area contributed by atoms with Gasteiger partial charge in [-0.3, -0.25) is 36.7 Å². The molecular formula is C102H66Cl3K5O30. The summed E-state index contributed by atoms with van der Waals surface area (Å²) in [7, 11) is 5.12. The molecule has 1 heterocycles. The van der Waals surface area contributed by atoms with Crippen LogP contribution in [0.1, 0.15) is 110 Å². The number of rotatable bonds is 20. The van der Waals surface area contributed by atoms with Gasteiger partial charge in [-0.05, 0) is 156 Å². The number of esters is 6. The fourth-order valence-corrected chi connectivity index (χ4v) is 15.9.